The van der Waals surface area contributed by atoms with Crippen LogP contribution < -0.4 is 5.73 Å². The van der Waals surface area contributed by atoms with Crippen LogP contribution in [0.4, 0.5) is 0 Å². The highest BCUT2D eigenvalue weighted by Crippen LogP contribution is 2.45. The number of nitrogens with zero attached hydrogens (tertiary/aromatic N) is 1. The molecule has 1 aliphatic heterocycles. The molecule has 116 valence electrons. The predicted molar refractivity (Wildman–Crippen MR) is 89.5 cm³/mol. The summed E-state index contributed by atoms with van der Waals surface area (Å²) in [5.74, 6) is 0. The summed E-state index contributed by atoms with van der Waals surface area (Å²) in [5.41, 5.74) is 11.2. The molecule has 1 aliphatic carbocycles. The number of hydrogen-bond donors (Lipinski definition) is 1. The highest BCUT2D eigenvalue weighted by atomic mass is 15.2. The van der Waals surface area contributed by atoms with E-state index in [0.717, 1.165) is 0 Å². The van der Waals surface area contributed by atoms with Gasteiger partial charge in [-0.15, -0.1) is 0 Å². The predicted octanol–water partition coefficient (Wildman–Crippen LogP) is 4.10. The van der Waals surface area contributed by atoms with Crippen molar-refractivity contribution in [2.24, 2.45) is 5.73 Å². The van der Waals surface area contributed by atoms with Gasteiger partial charge in [-0.3, -0.25) is 4.90 Å². The molecule has 1 saturated heterocycles. The van der Waals surface area contributed by atoms with Gasteiger partial charge in [0.25, 0.3) is 0 Å². The second kappa shape index (κ2) is 6.10. The first-order chi connectivity index (χ1) is 10.1. The van der Waals surface area contributed by atoms with Gasteiger partial charge < -0.3 is 5.73 Å². The lowest BCUT2D eigenvalue weighted by Gasteiger charge is -2.47. The van der Waals surface area contributed by atoms with Crippen molar-refractivity contribution < 1.29 is 0 Å². The molecular weight excluding hydrogens is 256 g/mol. The Balaban J connectivity index is 1.92. The van der Waals surface area contributed by atoms with Crippen LogP contribution in [0.3, 0.4) is 0 Å². The van der Waals surface area contributed by atoms with Crippen molar-refractivity contribution in [1.29, 1.82) is 0 Å². The van der Waals surface area contributed by atoms with E-state index in [1.165, 1.54) is 74.7 Å². The zero-order valence-electron chi connectivity index (χ0n) is 13.7. The standard InChI is InChI=1S/C19H30N2/c1-15-8-9-17(16(2)14-15)18(20)19(10-4-5-11-19)21-12-6-3-7-13-21/h8-9,14,18H,3-7,10-13,20H2,1-2H3. The zero-order valence-corrected chi connectivity index (χ0v) is 13.7. The fraction of sp³-hybridized carbons (Fsp3) is 0.684. The van der Waals surface area contributed by atoms with E-state index in [4.69, 9.17) is 5.73 Å². The van der Waals surface area contributed by atoms with Gasteiger partial charge >= 0.3 is 0 Å². The molecule has 21 heavy (non-hydrogen) atoms. The molecule has 2 heteroatoms. The molecule has 1 aromatic carbocycles. The summed E-state index contributed by atoms with van der Waals surface area (Å²) in [6.45, 7) is 6.89. The Kier molecular flexibility index (Phi) is 4.37. The quantitative estimate of drug-likeness (QED) is 0.906. The molecule has 0 spiro atoms. The number of hydrogen-bond acceptors (Lipinski definition) is 2. The Bertz CT molecular complexity index is 482. The van der Waals surface area contributed by atoms with E-state index in [0.29, 0.717) is 0 Å². The Hall–Kier alpha value is -0.860. The normalized spacial score (nSPS) is 24.1. The highest BCUT2D eigenvalue weighted by Gasteiger charge is 2.45. The number of likely N-dealkylation sites (tertiary alicyclic amines) is 1. The molecule has 1 atom stereocenters. The van der Waals surface area contributed by atoms with Crippen molar-refractivity contribution in [3.63, 3.8) is 0 Å². The summed E-state index contributed by atoms with van der Waals surface area (Å²) in [6, 6.07) is 6.95. The molecule has 2 aliphatic rings. The van der Waals surface area contributed by atoms with Gasteiger partial charge in [-0.1, -0.05) is 43.0 Å². The van der Waals surface area contributed by atoms with Crippen LogP contribution in [0.1, 0.15) is 67.7 Å². The van der Waals surface area contributed by atoms with Crippen LogP contribution in [0.15, 0.2) is 18.2 Å². The fourth-order valence-electron chi connectivity index (χ4n) is 4.61. The molecule has 1 heterocycles. The van der Waals surface area contributed by atoms with E-state index < -0.39 is 0 Å². The molecule has 0 radical (unpaired) electrons. The number of benzene rings is 1. The van der Waals surface area contributed by atoms with E-state index in [-0.39, 0.29) is 11.6 Å². The van der Waals surface area contributed by atoms with Crippen LogP contribution in [0.2, 0.25) is 0 Å². The van der Waals surface area contributed by atoms with Crippen LogP contribution in [-0.4, -0.2) is 23.5 Å². The molecule has 3 rings (SSSR count). The summed E-state index contributed by atoms with van der Waals surface area (Å²) in [5, 5.41) is 0. The summed E-state index contributed by atoms with van der Waals surface area (Å²) in [4.78, 5) is 2.74. The van der Waals surface area contributed by atoms with Gasteiger partial charge in [0.2, 0.25) is 0 Å². The molecule has 0 bridgehead atoms. The van der Waals surface area contributed by atoms with Crippen molar-refractivity contribution in [3.8, 4) is 0 Å². The third-order valence-corrected chi connectivity index (χ3v) is 5.79. The third-order valence-electron chi connectivity index (χ3n) is 5.79. The molecular formula is C19H30N2. The minimum Gasteiger partial charge on any atom is -0.322 e. The Morgan fingerprint density at radius 1 is 1.00 bits per heavy atom. The van der Waals surface area contributed by atoms with E-state index >= 15 is 0 Å². The average Bonchev–Trinajstić information content (AvgIpc) is 2.98. The van der Waals surface area contributed by atoms with Crippen molar-refractivity contribution >= 4 is 0 Å². The lowest BCUT2D eigenvalue weighted by atomic mass is 9.80. The molecule has 1 unspecified atom stereocenters. The number of aryl methyl sites for hydroxylation is 2. The number of rotatable bonds is 3. The second-order valence-electron chi connectivity index (χ2n) is 7.20. The van der Waals surface area contributed by atoms with Gasteiger partial charge in [0.05, 0.1) is 0 Å². The zero-order chi connectivity index (χ0) is 14.9. The van der Waals surface area contributed by atoms with E-state index in [2.05, 4.69) is 36.9 Å². The maximum absolute atomic E-state index is 6.88. The Morgan fingerprint density at radius 3 is 2.29 bits per heavy atom. The lowest BCUT2D eigenvalue weighted by molar-refractivity contribution is 0.0476. The number of nitrogens with two attached hydrogens (primary N) is 1. The van der Waals surface area contributed by atoms with Crippen molar-refractivity contribution in [3.05, 3.63) is 34.9 Å². The molecule has 1 saturated carbocycles. The van der Waals surface area contributed by atoms with E-state index in [9.17, 15) is 0 Å². The van der Waals surface area contributed by atoms with Gasteiger partial charge in [-0.25, -0.2) is 0 Å². The highest BCUT2D eigenvalue weighted by molar-refractivity contribution is 5.35. The first-order valence-electron chi connectivity index (χ1n) is 8.71. The second-order valence-corrected chi connectivity index (χ2v) is 7.20. The van der Waals surface area contributed by atoms with Crippen molar-refractivity contribution in [2.75, 3.05) is 13.1 Å². The van der Waals surface area contributed by atoms with E-state index in [1.807, 2.05) is 0 Å². The smallest absolute Gasteiger partial charge is 0.0484 e. The monoisotopic (exact) mass is 286 g/mol. The van der Waals surface area contributed by atoms with Crippen molar-refractivity contribution in [2.45, 2.75) is 70.4 Å². The minimum absolute atomic E-state index is 0.165. The van der Waals surface area contributed by atoms with Crippen LogP contribution in [-0.2, 0) is 0 Å². The molecule has 2 N–H and O–H groups in total. The average molecular weight is 286 g/mol. The van der Waals surface area contributed by atoms with Crippen LogP contribution in [0.25, 0.3) is 0 Å². The first kappa shape index (κ1) is 15.1. The fourth-order valence-corrected chi connectivity index (χ4v) is 4.61. The van der Waals surface area contributed by atoms with Gasteiger partial charge in [0, 0.05) is 11.6 Å². The van der Waals surface area contributed by atoms with Crippen molar-refractivity contribution in [1.82, 2.24) is 4.90 Å². The molecule has 0 aromatic heterocycles. The van der Waals surface area contributed by atoms with E-state index in [1.54, 1.807) is 0 Å². The maximum atomic E-state index is 6.88. The minimum atomic E-state index is 0.165. The van der Waals surface area contributed by atoms with Gasteiger partial charge in [-0.05, 0) is 63.7 Å². The first-order valence-corrected chi connectivity index (χ1v) is 8.71. The summed E-state index contributed by atoms with van der Waals surface area (Å²) < 4.78 is 0. The van der Waals surface area contributed by atoms with Gasteiger partial charge in [-0.2, -0.15) is 0 Å². The largest absolute Gasteiger partial charge is 0.322 e. The molecule has 0 amide bonds. The molecule has 2 fully saturated rings. The number of piperidine rings is 1. The maximum Gasteiger partial charge on any atom is 0.0484 e. The Labute approximate surface area is 129 Å². The molecule has 1 aromatic rings. The van der Waals surface area contributed by atoms with Crippen LogP contribution >= 0.6 is 0 Å². The summed E-state index contributed by atoms with van der Waals surface area (Å²) >= 11 is 0. The topological polar surface area (TPSA) is 29.3 Å². The van der Waals surface area contributed by atoms with Gasteiger partial charge in [0.1, 0.15) is 0 Å². The van der Waals surface area contributed by atoms with Crippen LogP contribution in [0.5, 0.6) is 0 Å². The summed E-state index contributed by atoms with van der Waals surface area (Å²) in [7, 11) is 0. The van der Waals surface area contributed by atoms with Gasteiger partial charge in [0.15, 0.2) is 0 Å². The summed E-state index contributed by atoms with van der Waals surface area (Å²) in [6.07, 6.45) is 9.33. The SMILES string of the molecule is Cc1ccc(C(N)C2(N3CCCCC3)CCCC2)c(C)c1. The van der Waals surface area contributed by atoms with Crippen LogP contribution in [0, 0.1) is 13.8 Å². The lowest BCUT2D eigenvalue weighted by Crippen LogP contribution is -2.55. The molecule has 2 nitrogen and oxygen atoms in total. The third kappa shape index (κ3) is 2.76. The Morgan fingerprint density at radius 2 is 1.67 bits per heavy atom.